The van der Waals surface area contributed by atoms with Gasteiger partial charge in [-0.15, -0.1) is 11.3 Å². The van der Waals surface area contributed by atoms with Gasteiger partial charge in [0.25, 0.3) is 0 Å². The molecule has 0 fully saturated rings. The van der Waals surface area contributed by atoms with E-state index < -0.39 is 0 Å². The molecule has 0 saturated heterocycles. The van der Waals surface area contributed by atoms with Crippen molar-refractivity contribution in [3.63, 3.8) is 0 Å². The number of thiophene rings is 1. The second kappa shape index (κ2) is 5.85. The molecule has 2 aromatic heterocycles. The Morgan fingerprint density at radius 2 is 2.23 bits per heavy atom. The number of nitrogens with one attached hydrogen (secondary N) is 1. The number of fused-ring (bicyclic) bond motifs is 2. The van der Waals surface area contributed by atoms with Crippen LogP contribution in [0.3, 0.4) is 0 Å². The Morgan fingerprint density at radius 3 is 3.09 bits per heavy atom. The van der Waals surface area contributed by atoms with Gasteiger partial charge in [0.05, 0.1) is 0 Å². The zero-order valence-electron chi connectivity index (χ0n) is 11.8. The predicted molar refractivity (Wildman–Crippen MR) is 96.8 cm³/mol. The van der Waals surface area contributed by atoms with Crippen LogP contribution >= 0.6 is 39.5 Å². The van der Waals surface area contributed by atoms with Gasteiger partial charge in [-0.2, -0.15) is 0 Å². The van der Waals surface area contributed by atoms with Gasteiger partial charge in [0.2, 0.25) is 0 Å². The summed E-state index contributed by atoms with van der Waals surface area (Å²) in [7, 11) is 0. The zero-order chi connectivity index (χ0) is 15.1. The van der Waals surface area contributed by atoms with E-state index in [1.54, 1.807) is 0 Å². The van der Waals surface area contributed by atoms with Crippen LogP contribution in [0.1, 0.15) is 16.1 Å². The molecule has 0 radical (unpaired) electrons. The molecule has 3 heterocycles. The van der Waals surface area contributed by atoms with Crippen LogP contribution in [0.25, 0.3) is 10.1 Å². The fourth-order valence-corrected chi connectivity index (χ4v) is 5.06. The van der Waals surface area contributed by atoms with E-state index in [4.69, 9.17) is 12.2 Å². The third-order valence-electron chi connectivity index (χ3n) is 4.03. The van der Waals surface area contributed by atoms with Crippen LogP contribution < -0.4 is 0 Å². The van der Waals surface area contributed by atoms with E-state index in [0.29, 0.717) is 4.77 Å². The maximum Gasteiger partial charge on any atom is 0.196 e. The molecule has 0 saturated carbocycles. The molecule has 3 aromatic rings. The SMILES string of the molecule is S=c1ncc2c([nH]1)CN(Cc1sc3ccccc3c1Br)CC2. The smallest absolute Gasteiger partial charge is 0.196 e. The lowest BCUT2D eigenvalue weighted by molar-refractivity contribution is 0.242. The first-order valence-corrected chi connectivity index (χ1v) is 9.18. The number of halogens is 1. The molecule has 1 aliphatic heterocycles. The summed E-state index contributed by atoms with van der Waals surface area (Å²) in [5.41, 5.74) is 2.50. The lowest BCUT2D eigenvalue weighted by Gasteiger charge is -2.27. The van der Waals surface area contributed by atoms with Gasteiger partial charge in [0.15, 0.2) is 4.77 Å². The Balaban J connectivity index is 1.61. The number of aromatic amines is 1. The second-order valence-corrected chi connectivity index (χ2v) is 7.80. The summed E-state index contributed by atoms with van der Waals surface area (Å²) in [6.07, 6.45) is 2.94. The van der Waals surface area contributed by atoms with Crippen LogP contribution in [0.15, 0.2) is 34.9 Å². The average Bonchev–Trinajstić information content (AvgIpc) is 2.84. The number of nitrogens with zero attached hydrogens (tertiary/aromatic N) is 2. The number of hydrogen-bond acceptors (Lipinski definition) is 4. The van der Waals surface area contributed by atoms with Crippen molar-refractivity contribution in [3.8, 4) is 0 Å². The van der Waals surface area contributed by atoms with Gasteiger partial charge in [0, 0.05) is 51.0 Å². The van der Waals surface area contributed by atoms with Crippen molar-refractivity contribution in [1.29, 1.82) is 0 Å². The molecular weight excluding hydrogens is 378 g/mol. The number of aromatic nitrogens is 2. The Morgan fingerprint density at radius 1 is 1.36 bits per heavy atom. The van der Waals surface area contributed by atoms with Crippen molar-refractivity contribution in [2.75, 3.05) is 6.54 Å². The fourth-order valence-electron chi connectivity index (χ4n) is 2.90. The lowest BCUT2D eigenvalue weighted by atomic mass is 10.1. The molecule has 4 rings (SSSR count). The number of rotatable bonds is 2. The molecule has 3 nitrogen and oxygen atoms in total. The van der Waals surface area contributed by atoms with Gasteiger partial charge in [0.1, 0.15) is 0 Å². The van der Waals surface area contributed by atoms with Crippen molar-refractivity contribution < 1.29 is 0 Å². The minimum Gasteiger partial charge on any atom is -0.333 e. The summed E-state index contributed by atoms with van der Waals surface area (Å²) in [5, 5.41) is 1.31. The summed E-state index contributed by atoms with van der Waals surface area (Å²) in [5.74, 6) is 0. The first-order chi connectivity index (χ1) is 10.7. The summed E-state index contributed by atoms with van der Waals surface area (Å²) in [4.78, 5) is 11.3. The van der Waals surface area contributed by atoms with Crippen molar-refractivity contribution >= 4 is 49.6 Å². The van der Waals surface area contributed by atoms with Gasteiger partial charge in [-0.25, -0.2) is 4.98 Å². The minimum atomic E-state index is 0.573. The van der Waals surface area contributed by atoms with E-state index in [0.717, 1.165) is 26.1 Å². The van der Waals surface area contributed by atoms with Crippen LogP contribution in [-0.4, -0.2) is 21.4 Å². The van der Waals surface area contributed by atoms with Gasteiger partial charge < -0.3 is 4.98 Å². The number of benzene rings is 1. The molecule has 0 bridgehead atoms. The van der Waals surface area contributed by atoms with Crippen LogP contribution in [0.4, 0.5) is 0 Å². The summed E-state index contributed by atoms with van der Waals surface area (Å²) < 4.78 is 3.15. The van der Waals surface area contributed by atoms with Gasteiger partial charge >= 0.3 is 0 Å². The fraction of sp³-hybridized carbons (Fsp3) is 0.250. The number of H-pyrrole nitrogens is 1. The maximum atomic E-state index is 5.14. The highest BCUT2D eigenvalue weighted by atomic mass is 79.9. The maximum absolute atomic E-state index is 5.14. The van der Waals surface area contributed by atoms with Gasteiger partial charge in [-0.05, 0) is 46.2 Å². The summed E-state index contributed by atoms with van der Waals surface area (Å²) >= 11 is 10.8. The van der Waals surface area contributed by atoms with E-state index in [2.05, 4.69) is 55.1 Å². The second-order valence-electron chi connectivity index (χ2n) is 5.49. The van der Waals surface area contributed by atoms with Crippen molar-refractivity contribution in [1.82, 2.24) is 14.9 Å². The molecule has 112 valence electrons. The molecule has 0 unspecified atom stereocenters. The van der Waals surface area contributed by atoms with Crippen molar-refractivity contribution in [2.45, 2.75) is 19.5 Å². The highest BCUT2D eigenvalue weighted by molar-refractivity contribution is 9.10. The van der Waals surface area contributed by atoms with E-state index in [9.17, 15) is 0 Å². The van der Waals surface area contributed by atoms with Crippen molar-refractivity contribution in [2.24, 2.45) is 0 Å². The Kier molecular flexibility index (Phi) is 3.86. The topological polar surface area (TPSA) is 31.9 Å². The summed E-state index contributed by atoms with van der Waals surface area (Å²) in [6.45, 7) is 2.92. The zero-order valence-corrected chi connectivity index (χ0v) is 15.0. The third kappa shape index (κ3) is 2.65. The van der Waals surface area contributed by atoms with Crippen LogP contribution in [-0.2, 0) is 19.5 Å². The third-order valence-corrected chi connectivity index (χ3v) is 6.56. The van der Waals surface area contributed by atoms with Gasteiger partial charge in [-0.3, -0.25) is 4.90 Å². The lowest BCUT2D eigenvalue weighted by Crippen LogP contribution is -2.30. The van der Waals surface area contributed by atoms with E-state index in [1.165, 1.54) is 30.7 Å². The normalized spacial score (nSPS) is 15.1. The highest BCUT2D eigenvalue weighted by Crippen LogP contribution is 2.36. The Bertz CT molecular complexity index is 900. The van der Waals surface area contributed by atoms with Crippen LogP contribution in [0.2, 0.25) is 0 Å². The minimum absolute atomic E-state index is 0.573. The molecule has 22 heavy (non-hydrogen) atoms. The van der Waals surface area contributed by atoms with Crippen LogP contribution in [0, 0.1) is 4.77 Å². The van der Waals surface area contributed by atoms with E-state index in [1.807, 2.05) is 17.5 Å². The van der Waals surface area contributed by atoms with E-state index in [-0.39, 0.29) is 0 Å². The molecule has 0 aliphatic carbocycles. The molecule has 1 N–H and O–H groups in total. The first-order valence-electron chi connectivity index (χ1n) is 7.16. The first kappa shape index (κ1) is 14.5. The average molecular weight is 392 g/mol. The predicted octanol–water partition coefficient (Wildman–Crippen LogP) is 4.67. The highest BCUT2D eigenvalue weighted by Gasteiger charge is 2.19. The molecule has 0 spiro atoms. The quantitative estimate of drug-likeness (QED) is 0.643. The molecule has 0 atom stereocenters. The monoisotopic (exact) mass is 391 g/mol. The molecule has 1 aliphatic rings. The van der Waals surface area contributed by atoms with Gasteiger partial charge in [-0.1, -0.05) is 18.2 Å². The molecule has 6 heteroatoms. The number of hydrogen-bond donors (Lipinski definition) is 1. The largest absolute Gasteiger partial charge is 0.333 e. The molecular formula is C16H14BrN3S2. The Hall–Kier alpha value is -1.08. The molecule has 0 amide bonds. The van der Waals surface area contributed by atoms with Crippen LogP contribution in [0.5, 0.6) is 0 Å². The van der Waals surface area contributed by atoms with E-state index >= 15 is 0 Å². The standard InChI is InChI=1S/C16H14BrN3S2/c17-15-11-3-1-2-4-13(11)22-14(15)9-20-6-5-10-7-18-16(21)19-12(10)8-20/h1-4,7H,5-6,8-9H2,(H,18,19,21). The molecule has 1 aromatic carbocycles. The summed E-state index contributed by atoms with van der Waals surface area (Å²) in [6, 6.07) is 8.55. The Labute approximate surface area is 146 Å². The van der Waals surface area contributed by atoms with Crippen molar-refractivity contribution in [3.05, 3.63) is 55.8 Å².